The lowest BCUT2D eigenvalue weighted by Gasteiger charge is -2.54. The van der Waals surface area contributed by atoms with Crippen LogP contribution in [0.25, 0.3) is 0 Å². The molecule has 4 bridgehead atoms. The van der Waals surface area contributed by atoms with Crippen molar-refractivity contribution in [3.05, 3.63) is 34.3 Å². The minimum atomic E-state index is -2.24. The van der Waals surface area contributed by atoms with Gasteiger partial charge in [0.05, 0.1) is 6.61 Å². The van der Waals surface area contributed by atoms with Crippen LogP contribution in [0.1, 0.15) is 43.2 Å². The molecule has 4 aliphatic carbocycles. The van der Waals surface area contributed by atoms with Gasteiger partial charge in [-0.1, -0.05) is 17.7 Å². The molecule has 6 nitrogen and oxygen atoms in total. The highest BCUT2D eigenvalue weighted by atomic mass is 35.5. The molecule has 1 aromatic carbocycles. The second-order valence-electron chi connectivity index (χ2n) is 10.1. The summed E-state index contributed by atoms with van der Waals surface area (Å²) in [6, 6.07) is 4.99. The SMILES string of the molecule is OC[C@H]1O[C@@](O)(c2ccc(Cl)c(CC3C4CC5CC(C4)CC3C5)c2)[C@H](O)[C@@H](O)[C@@H]1O. The first-order chi connectivity index (χ1) is 14.3. The van der Waals surface area contributed by atoms with Crippen LogP contribution in [0, 0.1) is 29.6 Å². The van der Waals surface area contributed by atoms with Gasteiger partial charge in [0.25, 0.3) is 0 Å². The molecular weight excluding hydrogens is 408 g/mol. The number of hydrogen-bond acceptors (Lipinski definition) is 6. The number of rotatable bonds is 4. The largest absolute Gasteiger partial charge is 0.394 e. The summed E-state index contributed by atoms with van der Waals surface area (Å²) < 4.78 is 5.49. The van der Waals surface area contributed by atoms with Crippen LogP contribution in [-0.2, 0) is 16.9 Å². The van der Waals surface area contributed by atoms with Crippen molar-refractivity contribution in [2.75, 3.05) is 6.61 Å². The smallest absolute Gasteiger partial charge is 0.222 e. The highest BCUT2D eigenvalue weighted by Gasteiger charge is 2.54. The standard InChI is InChI=1S/C23H31ClO6/c24-18-2-1-16(23(29)22(28)21(27)20(26)19(10-25)30-23)8-15(18)9-17-13-4-11-3-12(6-13)7-14(17)5-11/h1-2,8,11-14,17,19-22,25-29H,3-7,9-10H2/t11?,12?,13?,14?,17?,19-,20-,21+,22-,23+/m1/s1. The van der Waals surface area contributed by atoms with Crippen molar-refractivity contribution in [1.82, 2.24) is 0 Å². The quantitative estimate of drug-likeness (QED) is 0.488. The molecule has 30 heavy (non-hydrogen) atoms. The number of aliphatic hydroxyl groups is 5. The Balaban J connectivity index is 1.42. The lowest BCUT2D eigenvalue weighted by Crippen LogP contribution is -2.63. The van der Waals surface area contributed by atoms with Crippen molar-refractivity contribution in [3.63, 3.8) is 0 Å². The highest BCUT2D eigenvalue weighted by molar-refractivity contribution is 6.31. The van der Waals surface area contributed by atoms with E-state index in [4.69, 9.17) is 16.3 Å². The molecule has 1 aromatic rings. The maximum atomic E-state index is 11.1. The molecule has 0 unspecified atom stereocenters. The maximum Gasteiger partial charge on any atom is 0.222 e. The van der Waals surface area contributed by atoms with E-state index in [0.717, 1.165) is 35.7 Å². The van der Waals surface area contributed by atoms with Gasteiger partial charge in [0.2, 0.25) is 5.79 Å². The second kappa shape index (κ2) is 7.69. The van der Waals surface area contributed by atoms with E-state index in [9.17, 15) is 25.5 Å². The van der Waals surface area contributed by atoms with Crippen LogP contribution >= 0.6 is 11.6 Å². The molecule has 1 aliphatic heterocycles. The first-order valence-electron chi connectivity index (χ1n) is 11.1. The van der Waals surface area contributed by atoms with Crippen molar-refractivity contribution in [2.45, 2.75) is 68.7 Å². The Morgan fingerprint density at radius 3 is 2.20 bits per heavy atom. The molecule has 5 aliphatic rings. The predicted molar refractivity (Wildman–Crippen MR) is 110 cm³/mol. The molecule has 7 heteroatoms. The maximum absolute atomic E-state index is 11.1. The summed E-state index contributed by atoms with van der Waals surface area (Å²) in [5.74, 6) is 1.58. The topological polar surface area (TPSA) is 110 Å². The number of aliphatic hydroxyl groups excluding tert-OH is 4. The van der Waals surface area contributed by atoms with Gasteiger partial charge in [-0.25, -0.2) is 0 Å². The number of hydrogen-bond donors (Lipinski definition) is 5. The van der Waals surface area contributed by atoms with Crippen molar-refractivity contribution in [1.29, 1.82) is 0 Å². The summed E-state index contributed by atoms with van der Waals surface area (Å²) in [5, 5.41) is 51.9. The minimum Gasteiger partial charge on any atom is -0.394 e. The Hall–Kier alpha value is -0.730. The fraction of sp³-hybridized carbons (Fsp3) is 0.739. The minimum absolute atomic E-state index is 0.266. The van der Waals surface area contributed by atoms with Gasteiger partial charge in [-0.15, -0.1) is 0 Å². The normalized spacial score (nSPS) is 47.6. The lowest BCUT2D eigenvalue weighted by atomic mass is 9.51. The fourth-order valence-electron chi connectivity index (χ4n) is 6.97. The van der Waals surface area contributed by atoms with Crippen LogP contribution in [0.4, 0.5) is 0 Å². The van der Waals surface area contributed by atoms with E-state index in [0.29, 0.717) is 10.9 Å². The van der Waals surface area contributed by atoms with E-state index in [2.05, 4.69) is 0 Å². The molecular formula is C23H31ClO6. The molecule has 0 spiro atoms. The summed E-state index contributed by atoms with van der Waals surface area (Å²) in [7, 11) is 0. The molecule has 1 saturated heterocycles. The van der Waals surface area contributed by atoms with E-state index in [1.165, 1.54) is 32.1 Å². The van der Waals surface area contributed by atoms with E-state index in [1.807, 2.05) is 0 Å². The Morgan fingerprint density at radius 1 is 0.967 bits per heavy atom. The monoisotopic (exact) mass is 438 g/mol. The molecule has 5 N–H and O–H groups in total. The van der Waals surface area contributed by atoms with Crippen molar-refractivity contribution >= 4 is 11.6 Å². The number of halogens is 1. The number of benzene rings is 1. The predicted octanol–water partition coefficient (Wildman–Crippen LogP) is 1.57. The molecule has 0 radical (unpaired) electrons. The van der Waals surface area contributed by atoms with Gasteiger partial charge in [-0.3, -0.25) is 0 Å². The van der Waals surface area contributed by atoms with E-state index >= 15 is 0 Å². The van der Waals surface area contributed by atoms with Crippen LogP contribution in [-0.4, -0.2) is 56.6 Å². The van der Waals surface area contributed by atoms with Crippen LogP contribution < -0.4 is 0 Å². The van der Waals surface area contributed by atoms with Gasteiger partial charge in [-0.05, 0) is 85.8 Å². The van der Waals surface area contributed by atoms with Crippen molar-refractivity contribution in [2.24, 2.45) is 29.6 Å². The summed E-state index contributed by atoms with van der Waals surface area (Å²) in [6.45, 7) is -0.596. The van der Waals surface area contributed by atoms with Crippen LogP contribution in [0.15, 0.2) is 18.2 Å². The Morgan fingerprint density at radius 2 is 1.60 bits per heavy atom. The zero-order valence-electron chi connectivity index (χ0n) is 16.9. The summed E-state index contributed by atoms with van der Waals surface area (Å²) in [4.78, 5) is 0. The van der Waals surface area contributed by atoms with Gasteiger partial charge < -0.3 is 30.3 Å². The van der Waals surface area contributed by atoms with Crippen LogP contribution in [0.2, 0.25) is 5.02 Å². The Bertz CT molecular complexity index is 772. The third-order valence-corrected chi connectivity index (χ3v) is 8.67. The van der Waals surface area contributed by atoms with Gasteiger partial charge >= 0.3 is 0 Å². The molecule has 0 amide bonds. The molecule has 166 valence electrons. The van der Waals surface area contributed by atoms with Gasteiger partial charge in [0, 0.05) is 10.6 Å². The second-order valence-corrected chi connectivity index (χ2v) is 10.5. The third kappa shape index (κ3) is 3.32. The molecule has 0 aromatic heterocycles. The average molecular weight is 439 g/mol. The average Bonchev–Trinajstić information content (AvgIpc) is 2.72. The summed E-state index contributed by atoms with van der Waals surface area (Å²) in [6.07, 6.45) is 1.34. The van der Waals surface area contributed by atoms with Crippen molar-refractivity contribution in [3.8, 4) is 0 Å². The third-order valence-electron chi connectivity index (χ3n) is 8.30. The van der Waals surface area contributed by atoms with E-state index < -0.39 is 36.8 Å². The molecule has 6 rings (SSSR count). The Labute approximate surface area is 181 Å². The zero-order chi connectivity index (χ0) is 21.2. The van der Waals surface area contributed by atoms with Crippen molar-refractivity contribution < 1.29 is 30.3 Å². The summed E-state index contributed by atoms with van der Waals surface area (Å²) in [5.41, 5.74) is 1.17. The Kier molecular flexibility index (Phi) is 5.42. The van der Waals surface area contributed by atoms with E-state index in [1.54, 1.807) is 18.2 Å². The van der Waals surface area contributed by atoms with Gasteiger partial charge in [0.15, 0.2) is 0 Å². The zero-order valence-corrected chi connectivity index (χ0v) is 17.7. The van der Waals surface area contributed by atoms with Crippen LogP contribution in [0.5, 0.6) is 0 Å². The molecule has 4 saturated carbocycles. The van der Waals surface area contributed by atoms with Crippen LogP contribution in [0.3, 0.4) is 0 Å². The first-order valence-corrected chi connectivity index (χ1v) is 11.5. The lowest BCUT2D eigenvalue weighted by molar-refractivity contribution is -0.357. The first kappa shape index (κ1) is 21.1. The van der Waals surface area contributed by atoms with Gasteiger partial charge in [-0.2, -0.15) is 0 Å². The number of ether oxygens (including phenoxy) is 1. The molecule has 1 heterocycles. The molecule has 5 fully saturated rings. The van der Waals surface area contributed by atoms with E-state index in [-0.39, 0.29) is 5.56 Å². The molecule has 5 atom stereocenters. The highest BCUT2D eigenvalue weighted by Crippen LogP contribution is 2.57. The fourth-order valence-corrected chi connectivity index (χ4v) is 7.17. The van der Waals surface area contributed by atoms with Gasteiger partial charge in [0.1, 0.15) is 24.4 Å². The summed E-state index contributed by atoms with van der Waals surface area (Å²) >= 11 is 6.52.